The smallest absolute Gasteiger partial charge is 0.223 e. The van der Waals surface area contributed by atoms with Gasteiger partial charge in [-0.25, -0.2) is 13.4 Å². The van der Waals surface area contributed by atoms with E-state index in [2.05, 4.69) is 24.9 Å². The van der Waals surface area contributed by atoms with Crippen molar-refractivity contribution in [1.29, 1.82) is 0 Å². The number of hydrogen-bond acceptors (Lipinski definition) is 8. The Morgan fingerprint density at radius 1 is 1.15 bits per heavy atom. The number of pyridine rings is 1. The molecule has 9 heteroatoms. The summed E-state index contributed by atoms with van der Waals surface area (Å²) in [5, 5.41) is 4.09. The zero-order chi connectivity index (χ0) is 19.7. The molecule has 3 heterocycles. The number of aromatic nitrogens is 3. The Kier molecular flexibility index (Phi) is 5.53. The van der Waals surface area contributed by atoms with Crippen molar-refractivity contribution in [3.8, 4) is 0 Å². The van der Waals surface area contributed by atoms with Crippen LogP contribution in [0.2, 0.25) is 0 Å². The maximum absolute atomic E-state index is 12.5. The van der Waals surface area contributed by atoms with Gasteiger partial charge >= 0.3 is 0 Å². The highest BCUT2D eigenvalue weighted by Crippen LogP contribution is 2.25. The lowest BCUT2D eigenvalue weighted by atomic mass is 10.3. The first-order valence-electron chi connectivity index (χ1n) is 9.14. The van der Waals surface area contributed by atoms with E-state index in [1.54, 1.807) is 40.0 Å². The molecule has 0 radical (unpaired) electrons. The van der Waals surface area contributed by atoms with Crippen molar-refractivity contribution in [1.82, 2.24) is 20.0 Å². The van der Waals surface area contributed by atoms with E-state index in [9.17, 15) is 8.42 Å². The molecule has 2 aromatic heterocycles. The van der Waals surface area contributed by atoms with Gasteiger partial charge in [0.25, 0.3) is 0 Å². The molecule has 0 N–H and O–H groups in total. The van der Waals surface area contributed by atoms with E-state index in [1.165, 1.54) is 0 Å². The van der Waals surface area contributed by atoms with Gasteiger partial charge < -0.3 is 9.42 Å². The van der Waals surface area contributed by atoms with Crippen LogP contribution in [0.1, 0.15) is 38.9 Å². The van der Waals surface area contributed by atoms with Crippen LogP contribution in [-0.2, 0) is 16.4 Å². The van der Waals surface area contributed by atoms with Gasteiger partial charge in [0.1, 0.15) is 0 Å². The lowest BCUT2D eigenvalue weighted by molar-refractivity contribution is 0.272. The van der Waals surface area contributed by atoms with Crippen LogP contribution in [0.5, 0.6) is 0 Å². The summed E-state index contributed by atoms with van der Waals surface area (Å²) in [6.45, 7) is 11.1. The first kappa shape index (κ1) is 19.8. The van der Waals surface area contributed by atoms with Crippen molar-refractivity contribution >= 4 is 15.5 Å². The first-order valence-corrected chi connectivity index (χ1v) is 10.6. The van der Waals surface area contributed by atoms with Crippen LogP contribution in [0.25, 0.3) is 0 Å². The normalized spacial score (nSPS) is 17.1. The van der Waals surface area contributed by atoms with Crippen molar-refractivity contribution in [2.24, 2.45) is 0 Å². The summed E-state index contributed by atoms with van der Waals surface area (Å²) in [5.74, 6) is 1.29. The zero-order valence-corrected chi connectivity index (χ0v) is 17.2. The van der Waals surface area contributed by atoms with Gasteiger partial charge in [0, 0.05) is 33.1 Å². The molecule has 0 unspecified atom stereocenters. The zero-order valence-electron chi connectivity index (χ0n) is 16.3. The molecule has 0 aliphatic carbocycles. The summed E-state index contributed by atoms with van der Waals surface area (Å²) >= 11 is 0. The van der Waals surface area contributed by atoms with Gasteiger partial charge in [-0.3, -0.25) is 4.90 Å². The Morgan fingerprint density at radius 2 is 1.93 bits per heavy atom. The third-order valence-corrected chi connectivity index (χ3v) is 7.10. The lowest BCUT2D eigenvalue weighted by Crippen LogP contribution is -2.31. The standard InChI is InChI=1S/C18H27N5O3S/c1-14-20-16(21-26-14)13-22-8-5-9-23(11-10-22)15-6-7-17(19-12-15)27(24,25)18(2,3)4/h6-7,12H,5,8-11,13H2,1-4H3. The third-order valence-electron chi connectivity index (χ3n) is 4.69. The van der Waals surface area contributed by atoms with Gasteiger partial charge in [0.15, 0.2) is 20.7 Å². The molecular formula is C18H27N5O3S. The van der Waals surface area contributed by atoms with Crippen molar-refractivity contribution in [2.45, 2.75) is 50.4 Å². The van der Waals surface area contributed by atoms with E-state index in [0.29, 0.717) is 18.3 Å². The highest BCUT2D eigenvalue weighted by atomic mass is 32.2. The molecule has 0 bridgehead atoms. The topological polar surface area (TPSA) is 92.4 Å². The molecule has 27 heavy (non-hydrogen) atoms. The van der Waals surface area contributed by atoms with Gasteiger partial charge in [-0.2, -0.15) is 4.98 Å². The first-order chi connectivity index (χ1) is 12.7. The molecule has 1 fully saturated rings. The third kappa shape index (κ3) is 4.47. The van der Waals surface area contributed by atoms with Gasteiger partial charge in [-0.05, 0) is 39.3 Å². The van der Waals surface area contributed by atoms with Crippen LogP contribution in [0.4, 0.5) is 5.69 Å². The molecule has 0 saturated carbocycles. The van der Waals surface area contributed by atoms with Gasteiger partial charge in [-0.1, -0.05) is 5.16 Å². The molecule has 0 amide bonds. The van der Waals surface area contributed by atoms with Crippen LogP contribution < -0.4 is 4.90 Å². The van der Waals surface area contributed by atoms with Crippen molar-refractivity contribution in [2.75, 3.05) is 31.1 Å². The SMILES string of the molecule is Cc1nc(CN2CCCN(c3ccc(S(=O)(=O)C(C)(C)C)nc3)CC2)no1. The average Bonchev–Trinajstić information content (AvgIpc) is 2.87. The van der Waals surface area contributed by atoms with Gasteiger partial charge in [0.05, 0.1) is 23.2 Å². The van der Waals surface area contributed by atoms with Crippen LogP contribution in [0.15, 0.2) is 27.9 Å². The minimum Gasteiger partial charge on any atom is -0.369 e. The Bertz CT molecular complexity index is 871. The number of hydrogen-bond donors (Lipinski definition) is 0. The van der Waals surface area contributed by atoms with Gasteiger partial charge in [-0.15, -0.1) is 0 Å². The summed E-state index contributed by atoms with van der Waals surface area (Å²) in [6.07, 6.45) is 2.66. The highest BCUT2D eigenvalue weighted by Gasteiger charge is 2.32. The molecule has 148 valence electrons. The number of anilines is 1. The second-order valence-electron chi connectivity index (χ2n) is 7.82. The molecule has 3 rings (SSSR count). The molecule has 0 atom stereocenters. The predicted octanol–water partition coefficient (Wildman–Crippen LogP) is 2.06. The van der Waals surface area contributed by atoms with Crippen molar-refractivity contribution < 1.29 is 12.9 Å². The number of aryl methyl sites for hydroxylation is 1. The number of rotatable bonds is 4. The summed E-state index contributed by atoms with van der Waals surface area (Å²) in [4.78, 5) is 13.0. The van der Waals surface area contributed by atoms with E-state index in [-0.39, 0.29) is 5.03 Å². The average molecular weight is 394 g/mol. The Hall–Kier alpha value is -2.00. The highest BCUT2D eigenvalue weighted by molar-refractivity contribution is 7.92. The van der Waals surface area contributed by atoms with Crippen LogP contribution >= 0.6 is 0 Å². The number of nitrogens with zero attached hydrogens (tertiary/aromatic N) is 5. The van der Waals surface area contributed by atoms with Crippen molar-refractivity contribution in [3.63, 3.8) is 0 Å². The largest absolute Gasteiger partial charge is 0.369 e. The lowest BCUT2D eigenvalue weighted by Gasteiger charge is -2.24. The van der Waals surface area contributed by atoms with E-state index in [0.717, 1.165) is 38.3 Å². The van der Waals surface area contributed by atoms with E-state index >= 15 is 0 Å². The summed E-state index contributed by atoms with van der Waals surface area (Å²) < 4.78 is 29.2. The van der Waals surface area contributed by atoms with E-state index < -0.39 is 14.6 Å². The summed E-state index contributed by atoms with van der Waals surface area (Å²) in [7, 11) is -3.43. The van der Waals surface area contributed by atoms with Crippen molar-refractivity contribution in [3.05, 3.63) is 30.0 Å². The second kappa shape index (κ2) is 7.55. The Morgan fingerprint density at radius 3 is 2.52 bits per heavy atom. The minimum atomic E-state index is -3.43. The fourth-order valence-electron chi connectivity index (χ4n) is 3.02. The van der Waals surface area contributed by atoms with E-state index in [1.807, 2.05) is 6.07 Å². The number of sulfone groups is 1. The molecule has 2 aromatic rings. The van der Waals surface area contributed by atoms with E-state index in [4.69, 9.17) is 4.52 Å². The minimum absolute atomic E-state index is 0.127. The maximum Gasteiger partial charge on any atom is 0.223 e. The van der Waals surface area contributed by atoms with Crippen LogP contribution in [0.3, 0.4) is 0 Å². The molecule has 1 aliphatic rings. The van der Waals surface area contributed by atoms with Gasteiger partial charge in [0.2, 0.25) is 5.89 Å². The summed E-state index contributed by atoms with van der Waals surface area (Å²) in [5.41, 5.74) is 0.945. The quantitative estimate of drug-likeness (QED) is 0.779. The Labute approximate surface area is 160 Å². The second-order valence-corrected chi connectivity index (χ2v) is 10.5. The fraction of sp³-hybridized carbons (Fsp3) is 0.611. The monoisotopic (exact) mass is 393 g/mol. The van der Waals surface area contributed by atoms with Crippen LogP contribution in [-0.4, -0.2) is 59.4 Å². The molecule has 0 spiro atoms. The molecular weight excluding hydrogens is 366 g/mol. The molecule has 1 saturated heterocycles. The summed E-state index contributed by atoms with van der Waals surface area (Å²) in [6, 6.07) is 3.46. The predicted molar refractivity (Wildman–Crippen MR) is 102 cm³/mol. The molecule has 0 aromatic carbocycles. The van der Waals surface area contributed by atoms with Crippen LogP contribution in [0, 0.1) is 6.92 Å². The maximum atomic E-state index is 12.5. The fourth-order valence-corrected chi connectivity index (χ4v) is 4.09. The molecule has 8 nitrogen and oxygen atoms in total. The Balaban J connectivity index is 1.65. The molecule has 1 aliphatic heterocycles.